The molecule has 18 heteroatoms. The van der Waals surface area contributed by atoms with Crippen LogP contribution in [0.2, 0.25) is 0 Å². The highest BCUT2D eigenvalue weighted by Crippen LogP contribution is 2.52. The van der Waals surface area contributed by atoms with Crippen LogP contribution in [0.4, 0.5) is 0 Å². The Labute approximate surface area is 830 Å². The number of furan rings is 1. The summed E-state index contributed by atoms with van der Waals surface area (Å²) >= 11 is 0. The summed E-state index contributed by atoms with van der Waals surface area (Å²) in [6.45, 7) is 10.8. The molecule has 0 spiro atoms. The lowest BCUT2D eigenvalue weighted by Gasteiger charge is -2.30. The van der Waals surface area contributed by atoms with Crippen LogP contribution in [0.3, 0.4) is 0 Å². The van der Waals surface area contributed by atoms with Gasteiger partial charge in [-0.3, -0.25) is 38.4 Å². The highest BCUT2D eigenvalue weighted by atomic mass is 31.1. The van der Waals surface area contributed by atoms with Crippen LogP contribution >= 0.6 is 15.8 Å². The maximum atomic E-state index is 15.1. The molecule has 16 nitrogen and oxygen atoms in total. The van der Waals surface area contributed by atoms with E-state index in [0.717, 1.165) is 143 Å². The van der Waals surface area contributed by atoms with Gasteiger partial charge in [0, 0.05) is 115 Å². The van der Waals surface area contributed by atoms with Crippen LogP contribution in [0.15, 0.2) is 413 Å². The van der Waals surface area contributed by atoms with Gasteiger partial charge in [0.25, 0.3) is 0 Å². The van der Waals surface area contributed by atoms with Crippen molar-refractivity contribution in [3.05, 3.63) is 491 Å². The van der Waals surface area contributed by atoms with Gasteiger partial charge in [-0.2, -0.15) is 0 Å². The molecule has 0 fully saturated rings. The Kier molecular flexibility index (Phi) is 19.0. The van der Waals surface area contributed by atoms with E-state index < -0.39 is 15.8 Å². The molecule has 0 aliphatic carbocycles. The molecular weight excluding hydrogens is 1850 g/mol. The number of rotatable bonds is 3. The van der Waals surface area contributed by atoms with E-state index in [1.165, 1.54) is 22.0 Å². The van der Waals surface area contributed by atoms with Crippen molar-refractivity contribution < 1.29 is 18.6 Å². The summed E-state index contributed by atoms with van der Waals surface area (Å²) in [6.07, 6.45) is 0.589. The largest absolute Gasteiger partial charge is 0.457 e. The summed E-state index contributed by atoms with van der Waals surface area (Å²) in [5.41, 5.74) is 19.6. The molecule has 0 saturated carbocycles. The fourth-order valence-electron chi connectivity index (χ4n) is 23.4. The molecule has 19 aromatic carbocycles. The molecule has 146 heavy (non-hydrogen) atoms. The van der Waals surface area contributed by atoms with E-state index >= 15 is 4.79 Å². The van der Waals surface area contributed by atoms with Crippen LogP contribution in [0.5, 0.6) is 34.5 Å². The fourth-order valence-corrected chi connectivity index (χ4v) is 28.4. The standard InChI is InChI=1S/C43H32NO3P.C32H18NO3P.C27H15NO3.C26H13NO3/c1-23-24(2)26(4)38(27(5)25(23)3)28-21-31-40-32(22-28)42(46)39-34(44(40)33-16-10-9-15-30(33)41(31)45)19-20-37-43(39)47-35-17-11-12-18-36(35)48(37)29-13-7-6-8-14-29;34-30-20-12-4-6-14-23(20)33-24-15-7-5-13-21(24)31(35)28-29(33)22(30)18-27-32(28)36-25-16-8-9-17-26(25)37(27)19-10-2-1-3-11-19;29-26-16-8-2-4-10-20(16)28-21-11-5-3-9-17(21)27(30)24-18-13-15-7-1-6-12-22(15)31-23(18)14-19(26)25(24)28;28-25-15-7-1-3-10-20(15)27-21-13-23-18(14-6-2-4-11-22(14)30-23)12-19(21)26(29)17-9-5-8-16(25)24(17)27/h6-22H,1-5H3;1-18H;1-12,14H,13H2;1-13H. The molecule has 28 aromatic rings. The number of aromatic nitrogens is 4. The normalized spacial score (nSPS) is 13.6. The molecule has 2 atom stereocenters. The maximum absolute atomic E-state index is 15.1. The van der Waals surface area contributed by atoms with Crippen LogP contribution in [0, 0.1) is 34.6 Å². The highest BCUT2D eigenvalue weighted by Gasteiger charge is 2.37. The van der Waals surface area contributed by atoms with Crippen LogP contribution < -0.4 is 89.5 Å². The minimum absolute atomic E-state index is 0.0558. The first kappa shape index (κ1) is 85.7. The molecule has 0 bridgehead atoms. The molecule has 3 aliphatic heterocycles. The van der Waals surface area contributed by atoms with Crippen LogP contribution in [0.25, 0.3) is 185 Å². The van der Waals surface area contributed by atoms with Gasteiger partial charge in [-0.1, -0.05) is 212 Å². The molecule has 0 amide bonds. The number of hydrogen-bond acceptors (Lipinski definition) is 12. The lowest BCUT2D eigenvalue weighted by Crippen LogP contribution is -2.29. The van der Waals surface area contributed by atoms with E-state index in [0.29, 0.717) is 132 Å². The second-order valence-electron chi connectivity index (χ2n) is 38.0. The van der Waals surface area contributed by atoms with Crippen molar-refractivity contribution in [2.75, 3.05) is 0 Å². The summed E-state index contributed by atoms with van der Waals surface area (Å²) in [5, 5.41) is 17.5. The fraction of sp³-hybridized carbons (Fsp3) is 0.0469. The smallest absolute Gasteiger partial charge is 0.201 e. The Bertz CT molecular complexity index is 11200. The zero-order chi connectivity index (χ0) is 98.4. The van der Waals surface area contributed by atoms with Gasteiger partial charge in [0.15, 0.2) is 32.6 Å². The molecule has 3 aliphatic rings. The van der Waals surface area contributed by atoms with Crippen LogP contribution in [-0.4, -0.2) is 17.6 Å². The Balaban J connectivity index is 0.0000000959. The monoisotopic (exact) mass is 1920 g/mol. The minimum Gasteiger partial charge on any atom is -0.457 e. The number of benzene rings is 19. The summed E-state index contributed by atoms with van der Waals surface area (Å²) < 4.78 is 33.9. The molecule has 31 rings (SSSR count). The van der Waals surface area contributed by atoms with Gasteiger partial charge in [-0.25, -0.2) is 0 Å². The predicted octanol–water partition coefficient (Wildman–Crippen LogP) is 24.8. The first-order valence-corrected chi connectivity index (χ1v) is 51.1. The van der Waals surface area contributed by atoms with Crippen molar-refractivity contribution in [1.82, 2.24) is 17.6 Å². The van der Waals surface area contributed by atoms with Crippen molar-refractivity contribution in [1.29, 1.82) is 0 Å². The van der Waals surface area contributed by atoms with Crippen molar-refractivity contribution in [2.45, 2.75) is 41.0 Å². The number of pyridine rings is 8. The van der Waals surface area contributed by atoms with Gasteiger partial charge in [0.2, 0.25) is 10.9 Å². The molecular formula is C128H78N4O12P2. The van der Waals surface area contributed by atoms with Gasteiger partial charge in [0.05, 0.1) is 87.7 Å². The molecule has 9 aromatic heterocycles. The first-order valence-electron chi connectivity index (χ1n) is 48.5. The van der Waals surface area contributed by atoms with Crippen LogP contribution in [-0.2, 0) is 6.42 Å². The number of hydrogen-bond donors (Lipinski definition) is 0. The highest BCUT2D eigenvalue weighted by molar-refractivity contribution is 7.80. The molecule has 692 valence electrons. The molecule has 12 heterocycles. The second kappa shape index (κ2) is 32.4. The van der Waals surface area contributed by atoms with Gasteiger partial charge >= 0.3 is 0 Å². The topological polar surface area (TPSA) is 195 Å². The second-order valence-corrected chi connectivity index (χ2v) is 42.3. The third kappa shape index (κ3) is 12.3. The Hall–Kier alpha value is -18.2. The summed E-state index contributed by atoms with van der Waals surface area (Å²) in [6, 6.07) is 120. The Morgan fingerprint density at radius 2 is 0.603 bits per heavy atom. The van der Waals surface area contributed by atoms with E-state index in [2.05, 4.69) is 115 Å². The zero-order valence-electron chi connectivity index (χ0n) is 79.0. The number of fused-ring (bicyclic) bond motifs is 28. The predicted molar refractivity (Wildman–Crippen MR) is 598 cm³/mol. The van der Waals surface area contributed by atoms with Gasteiger partial charge in [0.1, 0.15) is 45.7 Å². The van der Waals surface area contributed by atoms with E-state index in [1.54, 1.807) is 18.2 Å². The van der Waals surface area contributed by atoms with Gasteiger partial charge in [-0.05, 0) is 257 Å². The third-order valence-electron chi connectivity index (χ3n) is 30.5. The SMILES string of the molecule is Cc1c(C)c(C)c(-c2cc3c(=O)c4ccccc4n4c5ccc6c(c5c(=O)c(c2)c34)Oc2ccccc2P6c2ccccc2)c(C)c1C.O=c1c2ccccc2n2c3cc4oc5ccccc5c4cc3c(=O)c3cccc1c32.O=c1c2ccccc2n2c3ccccc3c(=O)c3c4c(cc1c32)Oc1ccccc1C4.O=c1c2ccccc2n2c3ccccc3c(=O)c3c4c(cc1c32)P(c1ccccc1)c1ccccc1O4. The lowest BCUT2D eigenvalue weighted by atomic mass is 9.85. The van der Waals surface area contributed by atoms with Crippen LogP contribution in [0.1, 0.15) is 38.9 Å². The Morgan fingerprint density at radius 3 is 1.14 bits per heavy atom. The maximum Gasteiger partial charge on any atom is 0.201 e. The average molecular weight is 1930 g/mol. The minimum atomic E-state index is -1.05. The molecule has 2 unspecified atom stereocenters. The Morgan fingerprint density at radius 1 is 0.226 bits per heavy atom. The van der Waals surface area contributed by atoms with Crippen molar-refractivity contribution in [2.24, 2.45) is 0 Å². The number of para-hydroxylation sites is 11. The first-order chi connectivity index (χ1) is 71.4. The molecule has 0 radical (unpaired) electrons. The summed E-state index contributed by atoms with van der Waals surface area (Å²) in [5.74, 6) is 4.05. The van der Waals surface area contributed by atoms with E-state index in [-0.39, 0.29) is 43.4 Å². The van der Waals surface area contributed by atoms with E-state index in [4.69, 9.17) is 18.6 Å². The molecule has 0 N–H and O–H groups in total. The zero-order valence-corrected chi connectivity index (χ0v) is 80.8. The van der Waals surface area contributed by atoms with Crippen molar-refractivity contribution >= 4 is 222 Å². The lowest BCUT2D eigenvalue weighted by molar-refractivity contribution is 0.462. The summed E-state index contributed by atoms with van der Waals surface area (Å²) in [7, 11) is -2.03. The van der Waals surface area contributed by atoms with E-state index in [1.807, 2.05) is 290 Å². The van der Waals surface area contributed by atoms with E-state index in [9.17, 15) is 33.6 Å². The van der Waals surface area contributed by atoms with Crippen molar-refractivity contribution in [3.63, 3.8) is 0 Å². The van der Waals surface area contributed by atoms with Gasteiger partial charge in [-0.15, -0.1) is 0 Å². The quantitative estimate of drug-likeness (QED) is 0.0924. The van der Waals surface area contributed by atoms with Gasteiger partial charge < -0.3 is 36.2 Å². The number of nitrogens with zero attached hydrogens (tertiary/aromatic N) is 4. The molecule has 0 saturated heterocycles. The summed E-state index contributed by atoms with van der Waals surface area (Å²) in [4.78, 5) is 111. The average Bonchev–Trinajstić information content (AvgIpc) is 0.789. The third-order valence-corrected chi connectivity index (χ3v) is 35.4. The number of ether oxygens (including phenoxy) is 3. The van der Waals surface area contributed by atoms with Crippen molar-refractivity contribution in [3.8, 4) is 45.6 Å².